The number of pyridine rings is 1. The van der Waals surface area contributed by atoms with E-state index in [4.69, 9.17) is 17.3 Å². The van der Waals surface area contributed by atoms with Crippen molar-refractivity contribution in [3.63, 3.8) is 0 Å². The Morgan fingerprint density at radius 1 is 1.29 bits per heavy atom. The normalized spacial score (nSPS) is 10.3. The lowest BCUT2D eigenvalue weighted by atomic mass is 10.3. The van der Waals surface area contributed by atoms with Gasteiger partial charge in [-0.25, -0.2) is 4.98 Å². The molecule has 0 amide bonds. The van der Waals surface area contributed by atoms with E-state index in [0.29, 0.717) is 10.7 Å². The molecule has 0 aliphatic heterocycles. The first-order chi connectivity index (χ1) is 8.06. The second-order valence-corrected chi connectivity index (χ2v) is 4.91. The Balaban J connectivity index is 2.28. The summed E-state index contributed by atoms with van der Waals surface area (Å²) in [4.78, 5) is 4.34. The van der Waals surface area contributed by atoms with Crippen LogP contribution in [0.3, 0.4) is 0 Å². The van der Waals surface area contributed by atoms with Crippen LogP contribution in [0.15, 0.2) is 34.8 Å². The predicted octanol–water partition coefficient (Wildman–Crippen LogP) is 4.13. The summed E-state index contributed by atoms with van der Waals surface area (Å²) >= 11 is 9.31. The van der Waals surface area contributed by atoms with Gasteiger partial charge in [-0.05, 0) is 53.2 Å². The van der Waals surface area contributed by atoms with Gasteiger partial charge >= 0.3 is 0 Å². The van der Waals surface area contributed by atoms with Gasteiger partial charge < -0.3 is 11.1 Å². The molecule has 0 spiro atoms. The number of halogens is 2. The third-order valence-electron chi connectivity index (χ3n) is 2.32. The second kappa shape index (κ2) is 4.94. The third-order valence-corrected chi connectivity index (χ3v) is 3.21. The van der Waals surface area contributed by atoms with E-state index in [1.165, 1.54) is 0 Å². The van der Waals surface area contributed by atoms with Gasteiger partial charge in [0.1, 0.15) is 5.82 Å². The number of nitrogens with zero attached hydrogens (tertiary/aromatic N) is 1. The maximum absolute atomic E-state index is 5.88. The highest BCUT2D eigenvalue weighted by Gasteiger charge is 2.03. The van der Waals surface area contributed by atoms with Crippen LogP contribution in [0.4, 0.5) is 17.2 Å². The zero-order chi connectivity index (χ0) is 12.4. The van der Waals surface area contributed by atoms with Crippen molar-refractivity contribution in [1.82, 2.24) is 4.98 Å². The summed E-state index contributed by atoms with van der Waals surface area (Å²) in [6.45, 7) is 1.87. The fourth-order valence-electron chi connectivity index (χ4n) is 1.37. The number of nitrogens with two attached hydrogens (primary N) is 1. The number of aryl methyl sites for hydroxylation is 1. The molecular weight excluding hydrogens is 302 g/mol. The SMILES string of the molecule is Cc1nc(Nc2ccc(Cl)cc2Br)ccc1N. The number of hydrogen-bond acceptors (Lipinski definition) is 3. The molecule has 0 radical (unpaired) electrons. The third kappa shape index (κ3) is 2.90. The zero-order valence-electron chi connectivity index (χ0n) is 9.17. The Morgan fingerprint density at radius 2 is 2.06 bits per heavy atom. The van der Waals surface area contributed by atoms with E-state index in [2.05, 4.69) is 26.2 Å². The van der Waals surface area contributed by atoms with Gasteiger partial charge in [0.2, 0.25) is 0 Å². The largest absolute Gasteiger partial charge is 0.397 e. The number of benzene rings is 1. The van der Waals surface area contributed by atoms with Crippen molar-refractivity contribution in [2.45, 2.75) is 6.92 Å². The van der Waals surface area contributed by atoms with Crippen LogP contribution in [0.25, 0.3) is 0 Å². The maximum Gasteiger partial charge on any atom is 0.130 e. The number of nitrogens with one attached hydrogen (secondary N) is 1. The minimum atomic E-state index is 0.684. The minimum absolute atomic E-state index is 0.684. The summed E-state index contributed by atoms with van der Waals surface area (Å²) in [5, 5.41) is 3.88. The van der Waals surface area contributed by atoms with Crippen molar-refractivity contribution >= 4 is 44.7 Å². The maximum atomic E-state index is 5.88. The van der Waals surface area contributed by atoms with Gasteiger partial charge in [0, 0.05) is 9.50 Å². The Morgan fingerprint density at radius 3 is 2.71 bits per heavy atom. The molecule has 1 aromatic heterocycles. The van der Waals surface area contributed by atoms with Crippen LogP contribution in [0.1, 0.15) is 5.69 Å². The second-order valence-electron chi connectivity index (χ2n) is 3.62. The lowest BCUT2D eigenvalue weighted by molar-refractivity contribution is 1.20. The van der Waals surface area contributed by atoms with Crippen LogP contribution in [0.2, 0.25) is 5.02 Å². The average molecular weight is 313 g/mol. The summed E-state index contributed by atoms with van der Waals surface area (Å²) in [5.41, 5.74) is 8.11. The molecule has 0 unspecified atom stereocenters. The van der Waals surface area contributed by atoms with Crippen LogP contribution >= 0.6 is 27.5 Å². The molecule has 0 aliphatic rings. The molecule has 88 valence electrons. The lowest BCUT2D eigenvalue weighted by Gasteiger charge is -2.09. The Kier molecular flexibility index (Phi) is 3.54. The van der Waals surface area contributed by atoms with Gasteiger partial charge in [-0.15, -0.1) is 0 Å². The molecule has 5 heteroatoms. The van der Waals surface area contributed by atoms with Crippen molar-refractivity contribution in [3.8, 4) is 0 Å². The summed E-state index contributed by atoms with van der Waals surface area (Å²) in [7, 11) is 0. The van der Waals surface area contributed by atoms with Crippen molar-refractivity contribution in [1.29, 1.82) is 0 Å². The molecule has 3 N–H and O–H groups in total. The fraction of sp³-hybridized carbons (Fsp3) is 0.0833. The summed E-state index contributed by atoms with van der Waals surface area (Å²) in [5.74, 6) is 0.750. The molecule has 17 heavy (non-hydrogen) atoms. The van der Waals surface area contributed by atoms with Crippen molar-refractivity contribution in [3.05, 3.63) is 45.5 Å². The Hall–Kier alpha value is -1.26. The van der Waals surface area contributed by atoms with Gasteiger partial charge in [-0.3, -0.25) is 0 Å². The molecule has 1 aromatic carbocycles. The first-order valence-electron chi connectivity index (χ1n) is 5.01. The highest BCUT2D eigenvalue weighted by molar-refractivity contribution is 9.10. The smallest absolute Gasteiger partial charge is 0.130 e. The lowest BCUT2D eigenvalue weighted by Crippen LogP contribution is -1.98. The summed E-state index contributed by atoms with van der Waals surface area (Å²) in [6, 6.07) is 9.20. The molecule has 3 nitrogen and oxygen atoms in total. The molecule has 2 rings (SSSR count). The number of aromatic nitrogens is 1. The van der Waals surface area contributed by atoms with Crippen LogP contribution < -0.4 is 11.1 Å². The van der Waals surface area contributed by atoms with Gasteiger partial charge in [0.25, 0.3) is 0 Å². The van der Waals surface area contributed by atoms with Crippen LogP contribution in [-0.2, 0) is 0 Å². The van der Waals surface area contributed by atoms with E-state index in [-0.39, 0.29) is 0 Å². The number of anilines is 3. The van der Waals surface area contributed by atoms with E-state index < -0.39 is 0 Å². The molecule has 2 aromatic rings. The summed E-state index contributed by atoms with van der Waals surface area (Å²) < 4.78 is 0.890. The quantitative estimate of drug-likeness (QED) is 0.876. The first-order valence-corrected chi connectivity index (χ1v) is 6.18. The zero-order valence-corrected chi connectivity index (χ0v) is 11.5. The number of rotatable bonds is 2. The van der Waals surface area contributed by atoms with Crippen LogP contribution in [-0.4, -0.2) is 4.98 Å². The fourth-order valence-corrected chi connectivity index (χ4v) is 2.15. The molecule has 0 atom stereocenters. The van der Waals surface area contributed by atoms with E-state index in [1.54, 1.807) is 0 Å². The van der Waals surface area contributed by atoms with Crippen LogP contribution in [0.5, 0.6) is 0 Å². The van der Waals surface area contributed by atoms with Crippen LogP contribution in [0, 0.1) is 6.92 Å². The standard InChI is InChI=1S/C12H11BrClN3/c1-7-10(15)3-5-12(16-7)17-11-4-2-8(14)6-9(11)13/h2-6H,15H2,1H3,(H,16,17). The molecule has 0 fully saturated rings. The molecule has 0 saturated carbocycles. The van der Waals surface area contributed by atoms with E-state index in [1.807, 2.05) is 37.3 Å². The highest BCUT2D eigenvalue weighted by atomic mass is 79.9. The van der Waals surface area contributed by atoms with Gasteiger partial charge in [0.05, 0.1) is 17.1 Å². The average Bonchev–Trinajstić information content (AvgIpc) is 2.27. The van der Waals surface area contributed by atoms with Gasteiger partial charge in [0.15, 0.2) is 0 Å². The topological polar surface area (TPSA) is 50.9 Å². The highest BCUT2D eigenvalue weighted by Crippen LogP contribution is 2.28. The van der Waals surface area contributed by atoms with E-state index in [9.17, 15) is 0 Å². The number of nitrogen functional groups attached to an aromatic ring is 1. The Labute approximate surface area is 113 Å². The van der Waals surface area contributed by atoms with Crippen molar-refractivity contribution in [2.75, 3.05) is 11.1 Å². The van der Waals surface area contributed by atoms with E-state index in [0.717, 1.165) is 21.7 Å². The van der Waals surface area contributed by atoms with Crippen molar-refractivity contribution in [2.24, 2.45) is 0 Å². The minimum Gasteiger partial charge on any atom is -0.397 e. The predicted molar refractivity (Wildman–Crippen MR) is 75.8 cm³/mol. The monoisotopic (exact) mass is 311 g/mol. The summed E-state index contributed by atoms with van der Waals surface area (Å²) in [6.07, 6.45) is 0. The van der Waals surface area contributed by atoms with Gasteiger partial charge in [-0.2, -0.15) is 0 Å². The number of hydrogen-bond donors (Lipinski definition) is 2. The van der Waals surface area contributed by atoms with E-state index >= 15 is 0 Å². The van der Waals surface area contributed by atoms with Gasteiger partial charge in [-0.1, -0.05) is 11.6 Å². The molecule has 0 saturated heterocycles. The van der Waals surface area contributed by atoms with Crippen molar-refractivity contribution < 1.29 is 0 Å². The molecule has 1 heterocycles. The molecule has 0 aliphatic carbocycles. The molecule has 0 bridgehead atoms. The molecular formula is C12H11BrClN3. The first kappa shape index (κ1) is 12.2. The Bertz CT molecular complexity index is 557.